The molecule has 0 bridgehead atoms. The van der Waals surface area contributed by atoms with E-state index >= 15 is 0 Å². The van der Waals surface area contributed by atoms with Gasteiger partial charge < -0.3 is 5.73 Å². The fourth-order valence-corrected chi connectivity index (χ4v) is 2.57. The standard InChI is InChI=1S/C13H19N/c1-10(2)13(8-3-9-13)11-4-6-12(14)7-5-11/h4-7,10H,3,8-9,14H2,1-2H3. The molecule has 0 aliphatic heterocycles. The van der Waals surface area contributed by atoms with Gasteiger partial charge in [0.05, 0.1) is 0 Å². The molecule has 1 aliphatic carbocycles. The van der Waals surface area contributed by atoms with Crippen molar-refractivity contribution in [1.29, 1.82) is 0 Å². The maximum Gasteiger partial charge on any atom is 0.0314 e. The van der Waals surface area contributed by atoms with E-state index in [4.69, 9.17) is 5.73 Å². The smallest absolute Gasteiger partial charge is 0.0314 e. The van der Waals surface area contributed by atoms with Gasteiger partial charge in [0.2, 0.25) is 0 Å². The Bertz CT molecular complexity index is 307. The van der Waals surface area contributed by atoms with Crippen LogP contribution in [0.15, 0.2) is 24.3 Å². The second-order valence-corrected chi connectivity index (χ2v) is 4.79. The Morgan fingerprint density at radius 3 is 2.07 bits per heavy atom. The number of rotatable bonds is 2. The third kappa shape index (κ3) is 1.31. The summed E-state index contributed by atoms with van der Waals surface area (Å²) >= 11 is 0. The van der Waals surface area contributed by atoms with Crippen molar-refractivity contribution in [3.8, 4) is 0 Å². The number of hydrogen-bond donors (Lipinski definition) is 1. The van der Waals surface area contributed by atoms with Crippen molar-refractivity contribution >= 4 is 5.69 Å². The lowest BCUT2D eigenvalue weighted by Gasteiger charge is -2.46. The van der Waals surface area contributed by atoms with E-state index in [0.29, 0.717) is 5.41 Å². The molecule has 2 rings (SSSR count). The fraction of sp³-hybridized carbons (Fsp3) is 0.538. The molecule has 0 spiro atoms. The average Bonchev–Trinajstić information content (AvgIpc) is 2.05. The minimum Gasteiger partial charge on any atom is -0.399 e. The van der Waals surface area contributed by atoms with Crippen LogP contribution >= 0.6 is 0 Å². The molecule has 1 nitrogen and oxygen atoms in total. The highest BCUT2D eigenvalue weighted by molar-refractivity contribution is 5.42. The van der Waals surface area contributed by atoms with Crippen LogP contribution in [0.4, 0.5) is 5.69 Å². The number of hydrogen-bond acceptors (Lipinski definition) is 1. The topological polar surface area (TPSA) is 26.0 Å². The van der Waals surface area contributed by atoms with Crippen LogP contribution in [-0.2, 0) is 5.41 Å². The Morgan fingerprint density at radius 2 is 1.71 bits per heavy atom. The third-order valence-electron chi connectivity index (χ3n) is 3.84. The van der Waals surface area contributed by atoms with Crippen molar-refractivity contribution < 1.29 is 0 Å². The molecule has 0 atom stereocenters. The van der Waals surface area contributed by atoms with Crippen LogP contribution in [0.1, 0.15) is 38.7 Å². The Balaban J connectivity index is 2.32. The van der Waals surface area contributed by atoms with E-state index < -0.39 is 0 Å². The third-order valence-corrected chi connectivity index (χ3v) is 3.84. The molecule has 0 aromatic heterocycles. The van der Waals surface area contributed by atoms with Crippen molar-refractivity contribution in [1.82, 2.24) is 0 Å². The van der Waals surface area contributed by atoms with Crippen LogP contribution in [-0.4, -0.2) is 0 Å². The van der Waals surface area contributed by atoms with E-state index in [1.54, 1.807) is 0 Å². The predicted molar refractivity (Wildman–Crippen MR) is 61.2 cm³/mol. The molecular formula is C13H19N. The van der Waals surface area contributed by atoms with Gasteiger partial charge in [-0.1, -0.05) is 32.4 Å². The van der Waals surface area contributed by atoms with E-state index in [9.17, 15) is 0 Å². The summed E-state index contributed by atoms with van der Waals surface area (Å²) in [6, 6.07) is 8.46. The molecule has 1 fully saturated rings. The van der Waals surface area contributed by atoms with Gasteiger partial charge in [0.25, 0.3) is 0 Å². The minimum atomic E-state index is 0.452. The molecule has 1 saturated carbocycles. The van der Waals surface area contributed by atoms with Crippen LogP contribution in [0.25, 0.3) is 0 Å². The van der Waals surface area contributed by atoms with Gasteiger partial charge >= 0.3 is 0 Å². The lowest BCUT2D eigenvalue weighted by atomic mass is 9.58. The van der Waals surface area contributed by atoms with Crippen molar-refractivity contribution in [2.45, 2.75) is 38.5 Å². The van der Waals surface area contributed by atoms with E-state index in [1.165, 1.54) is 24.8 Å². The minimum absolute atomic E-state index is 0.452. The Hall–Kier alpha value is -0.980. The number of anilines is 1. The van der Waals surface area contributed by atoms with Gasteiger partial charge in [-0.2, -0.15) is 0 Å². The zero-order chi connectivity index (χ0) is 10.2. The van der Waals surface area contributed by atoms with E-state index in [1.807, 2.05) is 12.1 Å². The molecule has 1 heteroatoms. The molecule has 1 aromatic rings. The molecule has 0 radical (unpaired) electrons. The average molecular weight is 189 g/mol. The monoisotopic (exact) mass is 189 g/mol. The maximum atomic E-state index is 5.71. The van der Waals surface area contributed by atoms with E-state index in [0.717, 1.165) is 11.6 Å². The Morgan fingerprint density at radius 1 is 1.14 bits per heavy atom. The summed E-state index contributed by atoms with van der Waals surface area (Å²) < 4.78 is 0. The lowest BCUT2D eigenvalue weighted by Crippen LogP contribution is -2.39. The SMILES string of the molecule is CC(C)C1(c2ccc(N)cc2)CCC1. The first-order chi connectivity index (χ1) is 6.65. The van der Waals surface area contributed by atoms with Crippen molar-refractivity contribution in [3.63, 3.8) is 0 Å². The maximum absolute atomic E-state index is 5.71. The van der Waals surface area contributed by atoms with Crippen molar-refractivity contribution in [3.05, 3.63) is 29.8 Å². The molecule has 0 unspecified atom stereocenters. The summed E-state index contributed by atoms with van der Waals surface area (Å²) in [6.07, 6.45) is 4.06. The molecule has 2 N–H and O–H groups in total. The van der Waals surface area contributed by atoms with Crippen LogP contribution in [0.2, 0.25) is 0 Å². The van der Waals surface area contributed by atoms with Crippen LogP contribution < -0.4 is 5.73 Å². The van der Waals surface area contributed by atoms with Crippen LogP contribution in [0, 0.1) is 5.92 Å². The Labute approximate surface area is 86.3 Å². The molecule has 76 valence electrons. The zero-order valence-electron chi connectivity index (χ0n) is 9.09. The Kier molecular flexibility index (Phi) is 2.26. The summed E-state index contributed by atoms with van der Waals surface area (Å²) in [7, 11) is 0. The van der Waals surface area contributed by atoms with Gasteiger partial charge in [-0.05, 0) is 41.9 Å². The van der Waals surface area contributed by atoms with Crippen molar-refractivity contribution in [2.24, 2.45) is 5.92 Å². The van der Waals surface area contributed by atoms with Gasteiger partial charge in [-0.3, -0.25) is 0 Å². The highest BCUT2D eigenvalue weighted by Gasteiger charge is 2.40. The van der Waals surface area contributed by atoms with Gasteiger partial charge in [-0.15, -0.1) is 0 Å². The zero-order valence-corrected chi connectivity index (χ0v) is 9.09. The molecule has 1 aliphatic rings. The summed E-state index contributed by atoms with van der Waals surface area (Å²) in [5.74, 6) is 0.736. The summed E-state index contributed by atoms with van der Waals surface area (Å²) in [5, 5.41) is 0. The number of nitrogens with two attached hydrogens (primary N) is 1. The first-order valence-corrected chi connectivity index (χ1v) is 5.51. The molecule has 0 heterocycles. The molecule has 1 aromatic carbocycles. The fourth-order valence-electron chi connectivity index (χ4n) is 2.57. The van der Waals surface area contributed by atoms with Crippen LogP contribution in [0.3, 0.4) is 0 Å². The molecular weight excluding hydrogens is 170 g/mol. The first-order valence-electron chi connectivity index (χ1n) is 5.51. The quantitative estimate of drug-likeness (QED) is 0.709. The van der Waals surface area contributed by atoms with E-state index in [2.05, 4.69) is 26.0 Å². The predicted octanol–water partition coefficient (Wildman–Crippen LogP) is 3.35. The highest BCUT2D eigenvalue weighted by Crippen LogP contribution is 2.49. The van der Waals surface area contributed by atoms with Gasteiger partial charge in [0.15, 0.2) is 0 Å². The second-order valence-electron chi connectivity index (χ2n) is 4.79. The number of benzene rings is 1. The molecule has 14 heavy (non-hydrogen) atoms. The normalized spacial score (nSPS) is 19.4. The van der Waals surface area contributed by atoms with Crippen molar-refractivity contribution in [2.75, 3.05) is 5.73 Å². The molecule has 0 saturated heterocycles. The molecule has 0 amide bonds. The summed E-state index contributed by atoms with van der Waals surface area (Å²) in [6.45, 7) is 4.66. The summed E-state index contributed by atoms with van der Waals surface area (Å²) in [4.78, 5) is 0. The highest BCUT2D eigenvalue weighted by atomic mass is 14.5. The second kappa shape index (κ2) is 3.30. The van der Waals surface area contributed by atoms with Gasteiger partial charge in [-0.25, -0.2) is 0 Å². The first kappa shape index (κ1) is 9.57. The lowest BCUT2D eigenvalue weighted by molar-refractivity contribution is 0.169. The largest absolute Gasteiger partial charge is 0.399 e. The van der Waals surface area contributed by atoms with Gasteiger partial charge in [0.1, 0.15) is 0 Å². The van der Waals surface area contributed by atoms with Crippen LogP contribution in [0.5, 0.6) is 0 Å². The van der Waals surface area contributed by atoms with Gasteiger partial charge in [0, 0.05) is 5.69 Å². The number of nitrogen functional groups attached to an aromatic ring is 1. The van der Waals surface area contributed by atoms with E-state index in [-0.39, 0.29) is 0 Å². The summed E-state index contributed by atoms with van der Waals surface area (Å²) in [5.41, 5.74) is 8.50.